The van der Waals surface area contributed by atoms with Gasteiger partial charge >= 0.3 is 0 Å². The van der Waals surface area contributed by atoms with Gasteiger partial charge in [-0.25, -0.2) is 0 Å². The van der Waals surface area contributed by atoms with Crippen molar-refractivity contribution < 1.29 is 0 Å². The Morgan fingerprint density at radius 2 is 0.909 bits per heavy atom. The third-order valence-electron chi connectivity index (χ3n) is 16.1. The van der Waals surface area contributed by atoms with Crippen LogP contribution in [-0.2, 0) is 21.7 Å². The molecule has 10 aromatic rings. The predicted octanol–water partition coefficient (Wildman–Crippen LogP) is 19.0. The zero-order valence-corrected chi connectivity index (χ0v) is 47.8. The number of hydrogen-bond donors (Lipinski definition) is 0. The Balaban J connectivity index is 1.17. The molecule has 0 radical (unpaired) electrons. The van der Waals surface area contributed by atoms with E-state index in [0.29, 0.717) is 0 Å². The minimum absolute atomic E-state index is 0.00802. The van der Waals surface area contributed by atoms with Crippen molar-refractivity contribution >= 4 is 95.0 Å². The van der Waals surface area contributed by atoms with E-state index in [-0.39, 0.29) is 28.4 Å². The molecule has 1 aromatic heterocycles. The second kappa shape index (κ2) is 18.6. The van der Waals surface area contributed by atoms with Crippen LogP contribution in [0.2, 0.25) is 0 Å². The summed E-state index contributed by atoms with van der Waals surface area (Å²) in [5.74, 6) is 0. The molecule has 12 rings (SSSR count). The molecule has 0 bridgehead atoms. The molecule has 5 heteroatoms. The highest BCUT2D eigenvalue weighted by molar-refractivity contribution is 7.33. The van der Waals surface area contributed by atoms with Crippen LogP contribution in [0, 0.1) is 0 Å². The molecule has 2 aliphatic rings. The van der Waals surface area contributed by atoms with E-state index in [4.69, 9.17) is 0 Å². The third-order valence-corrected chi connectivity index (χ3v) is 17.3. The lowest BCUT2D eigenvalue weighted by Crippen LogP contribution is -2.60. The van der Waals surface area contributed by atoms with Crippen LogP contribution in [0.1, 0.15) is 105 Å². The van der Waals surface area contributed by atoms with Gasteiger partial charge in [0.05, 0.1) is 17.1 Å². The molecule has 3 heterocycles. The fourth-order valence-corrected chi connectivity index (χ4v) is 13.1. The molecule has 0 amide bonds. The monoisotopic (exact) mass is 1020 g/mol. The Hall–Kier alpha value is -7.60. The summed E-state index contributed by atoms with van der Waals surface area (Å²) in [6.45, 7) is 27.7. The normalized spacial score (nSPS) is 13.4. The molecule has 0 N–H and O–H groups in total. The lowest BCUT2D eigenvalue weighted by molar-refractivity contribution is 0.590. The maximum atomic E-state index is 2.61. The van der Waals surface area contributed by atoms with Crippen molar-refractivity contribution in [2.45, 2.75) is 105 Å². The first kappa shape index (κ1) is 50.2. The van der Waals surface area contributed by atoms with Crippen LogP contribution in [0.15, 0.2) is 206 Å². The maximum Gasteiger partial charge on any atom is 0.264 e. The number of fused-ring (bicyclic) bond motifs is 6. The van der Waals surface area contributed by atoms with E-state index in [9.17, 15) is 0 Å². The van der Waals surface area contributed by atoms with E-state index in [2.05, 4.69) is 304 Å². The molecule has 9 aromatic carbocycles. The van der Waals surface area contributed by atoms with Gasteiger partial charge in [0.1, 0.15) is 0 Å². The molecule has 0 aliphatic carbocycles. The lowest BCUT2D eigenvalue weighted by atomic mass is 9.36. The maximum absolute atomic E-state index is 2.61. The van der Waals surface area contributed by atoms with Gasteiger partial charge in [0, 0.05) is 60.1 Å². The van der Waals surface area contributed by atoms with Gasteiger partial charge in [-0.15, -0.1) is 11.3 Å². The lowest BCUT2D eigenvalue weighted by Gasteiger charge is -2.44. The number of thiophene rings is 1. The molecule has 0 spiro atoms. The third kappa shape index (κ3) is 8.87. The largest absolute Gasteiger partial charge is 0.311 e. The van der Waals surface area contributed by atoms with Crippen molar-refractivity contribution in [2.24, 2.45) is 0 Å². The Bertz CT molecular complexity index is 3840. The molecule has 77 heavy (non-hydrogen) atoms. The number of nitrogens with zero attached hydrogens (tertiary/aromatic N) is 3. The summed E-state index contributed by atoms with van der Waals surface area (Å²) in [5, 5.41) is 1.31. The average Bonchev–Trinajstić information content (AvgIpc) is 4.06. The second-order valence-electron chi connectivity index (χ2n) is 25.5. The molecule has 0 atom stereocenters. The quantitative estimate of drug-likeness (QED) is 0.147. The van der Waals surface area contributed by atoms with E-state index >= 15 is 0 Å². The molecule has 2 aliphatic heterocycles. The Morgan fingerprint density at radius 3 is 1.53 bits per heavy atom. The average molecular weight is 1020 g/mol. The summed E-state index contributed by atoms with van der Waals surface area (Å²) in [5.41, 5.74) is 23.1. The topological polar surface area (TPSA) is 9.72 Å². The zero-order valence-electron chi connectivity index (χ0n) is 47.0. The first-order valence-electron chi connectivity index (χ1n) is 27.5. The van der Waals surface area contributed by atoms with Gasteiger partial charge in [-0.1, -0.05) is 210 Å². The van der Waals surface area contributed by atoms with Gasteiger partial charge in [0.2, 0.25) is 0 Å². The summed E-state index contributed by atoms with van der Waals surface area (Å²) in [4.78, 5) is 7.71. The highest BCUT2D eigenvalue weighted by Gasteiger charge is 2.46. The highest BCUT2D eigenvalue weighted by Crippen LogP contribution is 2.52. The number of benzene rings is 9. The minimum atomic E-state index is -0.0608. The first-order valence-corrected chi connectivity index (χ1v) is 28.4. The van der Waals surface area contributed by atoms with Crippen molar-refractivity contribution in [1.29, 1.82) is 0 Å². The number of rotatable bonds is 7. The van der Waals surface area contributed by atoms with Crippen molar-refractivity contribution in [2.75, 3.05) is 14.7 Å². The standard InChI is InChI=1S/C72H70BN3S/c1-69(2,3)49-30-36-53(37-31-49)74(60-27-20-19-26-56(60)47-22-15-13-16-23-47)55-40-41-59-64(46-55)76(61-42-34-51(71(7,8)9)44-57(61)48-24-17-14-18-25-48)63-29-21-28-62-66(63)73(59)68-67(58-45-52(72(10,11)12)35-43-65(58)77-68)75(62)54-38-32-50(33-39-54)70(4,5)6/h13-46H,1-12H3. The van der Waals surface area contributed by atoms with Crippen molar-refractivity contribution in [3.63, 3.8) is 0 Å². The van der Waals surface area contributed by atoms with Crippen molar-refractivity contribution in [1.82, 2.24) is 0 Å². The number of hydrogen-bond acceptors (Lipinski definition) is 4. The molecule has 0 saturated heterocycles. The summed E-state index contributed by atoms with van der Waals surface area (Å²) in [6.07, 6.45) is 0. The smallest absolute Gasteiger partial charge is 0.264 e. The van der Waals surface area contributed by atoms with Gasteiger partial charge in [-0.2, -0.15) is 0 Å². The van der Waals surface area contributed by atoms with Crippen LogP contribution in [0.25, 0.3) is 32.3 Å². The molecule has 0 saturated carbocycles. The molecular weight excluding hydrogens is 950 g/mol. The predicted molar refractivity (Wildman–Crippen MR) is 336 cm³/mol. The van der Waals surface area contributed by atoms with Crippen molar-refractivity contribution in [3.8, 4) is 22.3 Å². The van der Waals surface area contributed by atoms with Crippen molar-refractivity contribution in [3.05, 3.63) is 229 Å². The van der Waals surface area contributed by atoms with Gasteiger partial charge in [0.15, 0.2) is 0 Å². The van der Waals surface area contributed by atoms with E-state index in [1.807, 2.05) is 11.3 Å². The fraction of sp³-hybridized carbons (Fsp3) is 0.222. The summed E-state index contributed by atoms with van der Waals surface area (Å²) in [7, 11) is 0. The van der Waals surface area contributed by atoms with Gasteiger partial charge < -0.3 is 14.7 Å². The second-order valence-corrected chi connectivity index (χ2v) is 26.6. The minimum Gasteiger partial charge on any atom is -0.311 e. The summed E-state index contributed by atoms with van der Waals surface area (Å²) < 4.78 is 2.68. The number of para-hydroxylation sites is 1. The van der Waals surface area contributed by atoms with E-state index < -0.39 is 0 Å². The molecule has 3 nitrogen and oxygen atoms in total. The fourth-order valence-electron chi connectivity index (χ4n) is 11.8. The molecule has 382 valence electrons. The van der Waals surface area contributed by atoms with Crippen LogP contribution in [0.4, 0.5) is 51.2 Å². The zero-order chi connectivity index (χ0) is 53.8. The Morgan fingerprint density at radius 1 is 0.390 bits per heavy atom. The SMILES string of the molecule is CC(C)(C)c1ccc(N(c2ccc3c(c2)N(c2ccc(C(C)(C)C)cc2-c2ccccc2)c2cccc4c2B3c2sc3ccc(C(C)(C)C)cc3c2N4c2ccc(C(C)(C)C)cc2)c2ccccc2-c2ccccc2)cc1. The van der Waals surface area contributed by atoms with E-state index in [1.165, 1.54) is 98.7 Å². The van der Waals surface area contributed by atoms with Crippen LogP contribution >= 0.6 is 11.3 Å². The van der Waals surface area contributed by atoms with E-state index in [1.54, 1.807) is 0 Å². The summed E-state index contributed by atoms with van der Waals surface area (Å²) >= 11 is 1.97. The molecule has 0 fully saturated rings. The van der Waals surface area contributed by atoms with Gasteiger partial charge in [0.25, 0.3) is 6.71 Å². The van der Waals surface area contributed by atoms with Crippen LogP contribution in [0.5, 0.6) is 0 Å². The highest BCUT2D eigenvalue weighted by atomic mass is 32.1. The Labute approximate surface area is 462 Å². The van der Waals surface area contributed by atoms with Gasteiger partial charge in [-0.05, 0) is 145 Å². The van der Waals surface area contributed by atoms with Gasteiger partial charge in [-0.3, -0.25) is 0 Å². The molecule has 0 unspecified atom stereocenters. The Kier molecular flexibility index (Phi) is 12.1. The van der Waals surface area contributed by atoms with E-state index in [0.717, 1.165) is 22.7 Å². The first-order chi connectivity index (χ1) is 36.7. The number of anilines is 9. The van der Waals surface area contributed by atoms with Crippen LogP contribution < -0.4 is 30.4 Å². The van der Waals surface area contributed by atoms with Crippen LogP contribution in [-0.4, -0.2) is 6.71 Å². The van der Waals surface area contributed by atoms with Crippen LogP contribution in [0.3, 0.4) is 0 Å². The summed E-state index contributed by atoms with van der Waals surface area (Å²) in [6, 6.07) is 78.4. The molecular formula is C72H70BN3S.